The summed E-state index contributed by atoms with van der Waals surface area (Å²) in [6.45, 7) is 0.738. The van der Waals surface area contributed by atoms with Gasteiger partial charge in [-0.15, -0.1) is 0 Å². The van der Waals surface area contributed by atoms with E-state index in [9.17, 15) is 4.79 Å². The van der Waals surface area contributed by atoms with Crippen molar-refractivity contribution in [2.24, 2.45) is 0 Å². The van der Waals surface area contributed by atoms with Gasteiger partial charge in [0.1, 0.15) is 0 Å². The van der Waals surface area contributed by atoms with Crippen LogP contribution in [0.15, 0.2) is 22.7 Å². The normalized spacial score (nSPS) is 14.0. The van der Waals surface area contributed by atoms with Gasteiger partial charge in [-0.3, -0.25) is 4.79 Å². The second-order valence-corrected chi connectivity index (χ2v) is 3.88. The summed E-state index contributed by atoms with van der Waals surface area (Å²) in [4.78, 5) is 13.2. The van der Waals surface area contributed by atoms with Gasteiger partial charge in [-0.1, -0.05) is 22.0 Å². The van der Waals surface area contributed by atoms with Crippen molar-refractivity contribution >= 4 is 49.1 Å². The third-order valence-corrected chi connectivity index (χ3v) is 2.55. The zero-order valence-electron chi connectivity index (χ0n) is 7.38. The number of hydrogen-bond acceptors (Lipinski definition) is 1. The number of nitrogens with zero attached hydrogens (tertiary/aromatic N) is 1. The molecule has 2 radical (unpaired) electrons. The molecule has 13 heavy (non-hydrogen) atoms. The van der Waals surface area contributed by atoms with Crippen molar-refractivity contribution in [3.8, 4) is 0 Å². The summed E-state index contributed by atoms with van der Waals surface area (Å²) in [5, 5.41) is 0. The van der Waals surface area contributed by atoms with Crippen LogP contribution >= 0.6 is 15.9 Å². The molecule has 1 aliphatic rings. The maximum atomic E-state index is 11.5. The van der Waals surface area contributed by atoms with Crippen LogP contribution in [0.3, 0.4) is 0 Å². The number of fused-ring (bicyclic) bond motifs is 1. The van der Waals surface area contributed by atoms with Crippen LogP contribution in [0.1, 0.15) is 15.9 Å². The molecular formula is C9H10BrNOPb. The number of carbonyl (C=O) groups is 1. The molecule has 1 aromatic rings. The zero-order chi connectivity index (χ0) is 8.72. The van der Waals surface area contributed by atoms with Crippen molar-refractivity contribution < 1.29 is 4.79 Å². The molecule has 0 aliphatic carbocycles. The van der Waals surface area contributed by atoms with E-state index in [0.717, 1.165) is 22.1 Å². The fraction of sp³-hybridized carbons (Fsp3) is 0.222. The molecule has 2 rings (SSSR count). The summed E-state index contributed by atoms with van der Waals surface area (Å²) in [5.41, 5.74) is 1.94. The summed E-state index contributed by atoms with van der Waals surface area (Å²) in [5.74, 6) is 0.117. The van der Waals surface area contributed by atoms with E-state index in [1.165, 1.54) is 0 Å². The predicted octanol–water partition coefficient (Wildman–Crippen LogP) is 1.12. The molecule has 0 aromatic heterocycles. The predicted molar refractivity (Wildman–Crippen MR) is 58.5 cm³/mol. The van der Waals surface area contributed by atoms with E-state index in [4.69, 9.17) is 0 Å². The molecule has 68 valence electrons. The quantitative estimate of drug-likeness (QED) is 0.560. The molecule has 0 saturated carbocycles. The van der Waals surface area contributed by atoms with Gasteiger partial charge in [-0.25, -0.2) is 0 Å². The van der Waals surface area contributed by atoms with Crippen LogP contribution in [0.25, 0.3) is 0 Å². The third-order valence-electron chi connectivity index (χ3n) is 2.06. The van der Waals surface area contributed by atoms with Crippen molar-refractivity contribution in [3.63, 3.8) is 0 Å². The van der Waals surface area contributed by atoms with E-state index < -0.39 is 0 Å². The van der Waals surface area contributed by atoms with Gasteiger partial charge in [0.2, 0.25) is 0 Å². The Kier molecular flexibility index (Phi) is 3.51. The standard InChI is InChI=1S/C9H8BrNO.Pb.2H/c1-11-5-6-2-3-7(10)4-8(6)9(11)12;;;/h2-4H,5H2,1H3;;;. The number of carbonyl (C=O) groups excluding carboxylic acids is 1. The van der Waals surface area contributed by atoms with E-state index in [2.05, 4.69) is 15.9 Å². The van der Waals surface area contributed by atoms with Gasteiger partial charge in [-0.2, -0.15) is 0 Å². The molecule has 0 atom stereocenters. The van der Waals surface area contributed by atoms with E-state index in [1.54, 1.807) is 4.90 Å². The van der Waals surface area contributed by atoms with Gasteiger partial charge in [0, 0.05) is 23.6 Å². The van der Waals surface area contributed by atoms with E-state index >= 15 is 0 Å². The van der Waals surface area contributed by atoms with Crippen LogP contribution in [-0.4, -0.2) is 45.2 Å². The second-order valence-electron chi connectivity index (χ2n) is 2.96. The minimum absolute atomic E-state index is 0. The Bertz CT molecular complexity index is 353. The van der Waals surface area contributed by atoms with Crippen molar-refractivity contribution in [3.05, 3.63) is 33.8 Å². The van der Waals surface area contributed by atoms with Crippen LogP contribution in [0.2, 0.25) is 0 Å². The van der Waals surface area contributed by atoms with E-state index in [0.29, 0.717) is 0 Å². The maximum absolute atomic E-state index is 11.5. The van der Waals surface area contributed by atoms with Crippen LogP contribution < -0.4 is 0 Å². The summed E-state index contributed by atoms with van der Waals surface area (Å²) in [6, 6.07) is 5.83. The summed E-state index contributed by atoms with van der Waals surface area (Å²) < 4.78 is 0.963. The molecule has 0 unspecified atom stereocenters. The molecule has 1 heterocycles. The molecule has 0 spiro atoms. The first-order valence-electron chi connectivity index (χ1n) is 3.72. The number of amides is 1. The molecule has 0 fully saturated rings. The van der Waals surface area contributed by atoms with Crippen LogP contribution in [0, 0.1) is 0 Å². The zero-order valence-corrected chi connectivity index (χ0v) is 14.5. The van der Waals surface area contributed by atoms with Crippen molar-refractivity contribution in [2.75, 3.05) is 7.05 Å². The Hall–Kier alpha value is 0.0921. The van der Waals surface area contributed by atoms with Gasteiger partial charge in [0.25, 0.3) is 5.91 Å². The molecule has 1 aliphatic heterocycles. The van der Waals surface area contributed by atoms with E-state index in [1.807, 2.05) is 25.2 Å². The summed E-state index contributed by atoms with van der Waals surface area (Å²) >= 11 is 3.34. The molecule has 0 saturated heterocycles. The Balaban J connectivity index is 0.000000845. The summed E-state index contributed by atoms with van der Waals surface area (Å²) in [7, 11) is 1.82. The van der Waals surface area contributed by atoms with Crippen molar-refractivity contribution in [2.45, 2.75) is 6.54 Å². The van der Waals surface area contributed by atoms with Gasteiger partial charge in [0.15, 0.2) is 0 Å². The Labute approximate surface area is 106 Å². The number of rotatable bonds is 0. The molecule has 1 amide bonds. The Morgan fingerprint density at radius 2 is 2.15 bits per heavy atom. The fourth-order valence-corrected chi connectivity index (χ4v) is 1.78. The van der Waals surface area contributed by atoms with Crippen LogP contribution in [0.4, 0.5) is 0 Å². The molecule has 4 heteroatoms. The van der Waals surface area contributed by atoms with Crippen molar-refractivity contribution in [1.82, 2.24) is 4.90 Å². The molecule has 0 N–H and O–H groups in total. The minimum atomic E-state index is 0. The topological polar surface area (TPSA) is 20.3 Å². The van der Waals surface area contributed by atoms with Gasteiger partial charge in [-0.05, 0) is 17.7 Å². The fourth-order valence-electron chi connectivity index (χ4n) is 1.42. The monoisotopic (exact) mass is 435 g/mol. The number of benzene rings is 1. The molecular weight excluding hydrogens is 425 g/mol. The molecule has 2 nitrogen and oxygen atoms in total. The summed E-state index contributed by atoms with van der Waals surface area (Å²) in [6.07, 6.45) is 0. The van der Waals surface area contributed by atoms with Gasteiger partial charge in [0.05, 0.1) is 0 Å². The van der Waals surface area contributed by atoms with Crippen molar-refractivity contribution in [1.29, 1.82) is 0 Å². The van der Waals surface area contributed by atoms with Gasteiger partial charge < -0.3 is 4.90 Å². The Morgan fingerprint density at radius 1 is 1.46 bits per heavy atom. The molecule has 0 bridgehead atoms. The number of hydrogen-bond donors (Lipinski definition) is 0. The van der Waals surface area contributed by atoms with Gasteiger partial charge >= 0.3 is 27.3 Å². The van der Waals surface area contributed by atoms with Crippen LogP contribution in [-0.2, 0) is 6.54 Å². The number of halogens is 1. The first-order chi connectivity index (χ1) is 5.68. The Morgan fingerprint density at radius 3 is 2.85 bits per heavy atom. The first-order valence-corrected chi connectivity index (χ1v) is 4.51. The second kappa shape index (κ2) is 4.08. The van der Waals surface area contributed by atoms with Crippen LogP contribution in [0.5, 0.6) is 0 Å². The van der Waals surface area contributed by atoms with E-state index in [-0.39, 0.29) is 33.2 Å². The average Bonchev–Trinajstić information content (AvgIpc) is 2.31. The first kappa shape index (κ1) is 11.2. The third kappa shape index (κ3) is 1.96. The SMILES string of the molecule is CN1Cc2ccc(Br)cc2C1=O.[PbH2]. The average molecular weight is 435 g/mol. The molecule has 1 aromatic carbocycles.